The maximum Gasteiger partial charge on any atom is 0.279 e. The highest BCUT2D eigenvalue weighted by atomic mass is 35.5. The van der Waals surface area contributed by atoms with E-state index in [9.17, 15) is 24.6 Å². The highest BCUT2D eigenvalue weighted by Gasteiger charge is 2.51. The molecule has 0 unspecified atom stereocenters. The highest BCUT2D eigenvalue weighted by Crippen LogP contribution is 2.26. The van der Waals surface area contributed by atoms with Crippen molar-refractivity contribution in [2.24, 2.45) is 0 Å². The minimum absolute atomic E-state index is 0. The van der Waals surface area contributed by atoms with Gasteiger partial charge in [0.15, 0.2) is 23.7 Å². The van der Waals surface area contributed by atoms with Crippen LogP contribution in [0.5, 0.6) is 0 Å². The molecular weight excluding hydrogens is 588 g/mol. The quantitative estimate of drug-likeness (QED) is 0.0615. The van der Waals surface area contributed by atoms with Gasteiger partial charge in [-0.15, -0.1) is 0 Å². The number of ketones is 2. The Kier molecular flexibility index (Phi) is 29.9. The molecule has 0 radical (unpaired) electrons. The SMILES string of the molecule is CCCCCCCCCCCCCC(=O)C(CO)(C(=O)CCCCCCCCCCCCC)N(CCO)C(=O)C[N+](C)(C)C.[Cl-]. The molecule has 0 aromatic carbocycles. The third-order valence-corrected chi connectivity index (χ3v) is 8.86. The topological polar surface area (TPSA) is 94.9 Å². The molecule has 0 aliphatic rings. The number of unbranched alkanes of at least 4 members (excludes halogenated alkanes) is 20. The second kappa shape index (κ2) is 29.1. The lowest BCUT2D eigenvalue weighted by Crippen LogP contribution is -3.00. The molecule has 0 aromatic heterocycles. The van der Waals surface area contributed by atoms with Gasteiger partial charge in [-0.2, -0.15) is 0 Å². The van der Waals surface area contributed by atoms with Crippen molar-refractivity contribution in [1.29, 1.82) is 0 Å². The summed E-state index contributed by atoms with van der Waals surface area (Å²) in [7, 11) is 5.61. The monoisotopic (exact) mass is 661 g/mol. The summed E-state index contributed by atoms with van der Waals surface area (Å²) in [5, 5.41) is 20.6. The van der Waals surface area contributed by atoms with Crippen LogP contribution in [0.15, 0.2) is 0 Å². The van der Waals surface area contributed by atoms with Crippen LogP contribution in [0, 0.1) is 0 Å². The number of rotatable bonds is 32. The third-order valence-electron chi connectivity index (χ3n) is 8.86. The molecule has 7 nitrogen and oxygen atoms in total. The number of aliphatic hydroxyl groups is 2. The number of aliphatic hydroxyl groups excluding tert-OH is 2. The zero-order valence-electron chi connectivity index (χ0n) is 30.2. The Labute approximate surface area is 284 Å². The summed E-state index contributed by atoms with van der Waals surface area (Å²) in [6.07, 6.45) is 25.7. The smallest absolute Gasteiger partial charge is 0.279 e. The van der Waals surface area contributed by atoms with Crippen molar-refractivity contribution < 1.29 is 41.5 Å². The number of carbonyl (C=O) groups is 3. The van der Waals surface area contributed by atoms with E-state index in [1.165, 1.54) is 94.8 Å². The summed E-state index contributed by atoms with van der Waals surface area (Å²) >= 11 is 0. The van der Waals surface area contributed by atoms with E-state index in [1.54, 1.807) is 0 Å². The van der Waals surface area contributed by atoms with Gasteiger partial charge in [0.25, 0.3) is 5.91 Å². The first kappa shape index (κ1) is 46.1. The van der Waals surface area contributed by atoms with Crippen LogP contribution in [0.2, 0.25) is 0 Å². The fraction of sp³-hybridized carbons (Fsp3) is 0.919. The number of likely N-dealkylation sites (N-methyl/N-ethyl adjacent to an activating group) is 1. The molecule has 0 saturated heterocycles. The van der Waals surface area contributed by atoms with Crippen molar-refractivity contribution >= 4 is 17.5 Å². The summed E-state index contributed by atoms with van der Waals surface area (Å²) in [6.45, 7) is 3.29. The first-order valence-corrected chi connectivity index (χ1v) is 18.5. The maximum atomic E-state index is 13.8. The van der Waals surface area contributed by atoms with Crippen molar-refractivity contribution in [3.63, 3.8) is 0 Å². The Hall–Kier alpha value is -1.02. The van der Waals surface area contributed by atoms with Crippen molar-refractivity contribution in [1.82, 2.24) is 4.90 Å². The molecule has 0 atom stereocenters. The van der Waals surface area contributed by atoms with Crippen molar-refractivity contribution in [2.75, 3.05) is 47.4 Å². The predicted octanol–water partition coefficient (Wildman–Crippen LogP) is 4.79. The normalized spacial score (nSPS) is 11.8. The summed E-state index contributed by atoms with van der Waals surface area (Å²) in [5.41, 5.74) is -1.91. The minimum Gasteiger partial charge on any atom is -1.00 e. The van der Waals surface area contributed by atoms with Crippen LogP contribution >= 0.6 is 0 Å². The van der Waals surface area contributed by atoms with Crippen molar-refractivity contribution in [3.05, 3.63) is 0 Å². The van der Waals surface area contributed by atoms with Gasteiger partial charge in [-0.3, -0.25) is 14.4 Å². The minimum atomic E-state index is -1.91. The maximum absolute atomic E-state index is 13.8. The largest absolute Gasteiger partial charge is 1.00 e. The molecule has 0 aliphatic carbocycles. The second-order valence-corrected chi connectivity index (χ2v) is 14.2. The van der Waals surface area contributed by atoms with Gasteiger partial charge in [-0.25, -0.2) is 0 Å². The number of hydrogen-bond donors (Lipinski definition) is 2. The zero-order valence-corrected chi connectivity index (χ0v) is 30.9. The lowest BCUT2D eigenvalue weighted by atomic mass is 9.82. The standard InChI is InChI=1S/C37H73N2O5.ClH/c1-6-8-10-12-14-16-18-20-22-24-26-28-34(42)37(33-41,38(30-31-40)36(44)32-39(3,4)5)35(43)29-27-25-23-21-19-17-15-13-11-9-7-2;/h40-41H,6-33H2,1-5H3;1H/q+1;/p-1. The van der Waals surface area contributed by atoms with E-state index < -0.39 is 12.1 Å². The van der Waals surface area contributed by atoms with E-state index >= 15 is 0 Å². The molecule has 0 fully saturated rings. The molecule has 45 heavy (non-hydrogen) atoms. The summed E-state index contributed by atoms with van der Waals surface area (Å²) in [5.74, 6) is -1.15. The molecule has 8 heteroatoms. The van der Waals surface area contributed by atoms with Gasteiger partial charge >= 0.3 is 0 Å². The third kappa shape index (κ3) is 21.5. The molecule has 0 spiro atoms. The van der Waals surface area contributed by atoms with Gasteiger partial charge in [-0.05, 0) is 12.8 Å². The van der Waals surface area contributed by atoms with Crippen LogP contribution in [0.4, 0.5) is 0 Å². The molecule has 0 aromatic rings. The van der Waals surface area contributed by atoms with Crippen LogP contribution in [0.25, 0.3) is 0 Å². The van der Waals surface area contributed by atoms with Crippen LogP contribution in [-0.2, 0) is 14.4 Å². The summed E-state index contributed by atoms with van der Waals surface area (Å²) < 4.78 is 0.321. The molecule has 0 rings (SSSR count). The van der Waals surface area contributed by atoms with E-state index in [2.05, 4.69) is 13.8 Å². The molecule has 0 bridgehead atoms. The average Bonchev–Trinajstić information content (AvgIpc) is 2.97. The average molecular weight is 661 g/mol. The molecule has 1 amide bonds. The number of amides is 1. The fourth-order valence-corrected chi connectivity index (χ4v) is 6.15. The Morgan fingerprint density at radius 2 is 0.867 bits per heavy atom. The fourth-order valence-electron chi connectivity index (χ4n) is 6.15. The number of Topliss-reactive ketones (excluding diaryl/α,β-unsaturated/α-hetero) is 2. The molecule has 268 valence electrons. The van der Waals surface area contributed by atoms with Crippen LogP contribution < -0.4 is 12.4 Å². The number of β-amino-alcohol motifs (C(OH)–C–C–N with tert-alkyl or cyclic N) is 1. The van der Waals surface area contributed by atoms with E-state index in [0.29, 0.717) is 17.3 Å². The van der Waals surface area contributed by atoms with E-state index in [4.69, 9.17) is 0 Å². The number of carbonyl (C=O) groups excluding carboxylic acids is 3. The van der Waals surface area contributed by atoms with E-state index in [1.807, 2.05) is 21.1 Å². The number of halogens is 1. The van der Waals surface area contributed by atoms with Gasteiger partial charge in [0, 0.05) is 19.4 Å². The Balaban J connectivity index is 0. The summed E-state index contributed by atoms with van der Waals surface area (Å²) in [6, 6.07) is 0. The first-order valence-electron chi connectivity index (χ1n) is 18.5. The number of hydrogen-bond acceptors (Lipinski definition) is 5. The van der Waals surface area contributed by atoms with Gasteiger partial charge < -0.3 is 32.0 Å². The lowest BCUT2D eigenvalue weighted by Gasteiger charge is -2.41. The Bertz CT molecular complexity index is 703. The van der Waals surface area contributed by atoms with Gasteiger partial charge in [0.05, 0.1) is 34.4 Å². The predicted molar refractivity (Wildman–Crippen MR) is 184 cm³/mol. The van der Waals surface area contributed by atoms with Gasteiger partial charge in [0.1, 0.15) is 0 Å². The molecule has 0 saturated carbocycles. The summed E-state index contributed by atoms with van der Waals surface area (Å²) in [4.78, 5) is 42.3. The van der Waals surface area contributed by atoms with Crippen molar-refractivity contribution in [3.8, 4) is 0 Å². The number of quaternary nitrogens is 1. The van der Waals surface area contributed by atoms with Gasteiger partial charge in [-0.1, -0.05) is 142 Å². The zero-order chi connectivity index (χ0) is 33.1. The van der Waals surface area contributed by atoms with Gasteiger partial charge in [0.2, 0.25) is 0 Å². The Morgan fingerprint density at radius 1 is 0.556 bits per heavy atom. The molecule has 2 N–H and O–H groups in total. The lowest BCUT2D eigenvalue weighted by molar-refractivity contribution is -0.862. The Morgan fingerprint density at radius 3 is 1.13 bits per heavy atom. The first-order chi connectivity index (χ1) is 21.1. The molecule has 0 aliphatic heterocycles. The van der Waals surface area contributed by atoms with Crippen molar-refractivity contribution in [2.45, 2.75) is 173 Å². The highest BCUT2D eigenvalue weighted by molar-refractivity contribution is 6.14. The van der Waals surface area contributed by atoms with Crippen LogP contribution in [0.1, 0.15) is 168 Å². The number of nitrogens with zero attached hydrogens (tertiary/aromatic N) is 2. The molecule has 0 heterocycles. The van der Waals surface area contributed by atoms with Crippen LogP contribution in [0.3, 0.4) is 0 Å². The van der Waals surface area contributed by atoms with E-state index in [0.717, 1.165) is 38.5 Å². The van der Waals surface area contributed by atoms with Crippen LogP contribution in [-0.4, -0.2) is 90.1 Å². The van der Waals surface area contributed by atoms with E-state index in [-0.39, 0.29) is 62.4 Å². The molecular formula is C37H73ClN2O5. The second-order valence-electron chi connectivity index (χ2n) is 14.2.